The number of fused-ring (bicyclic) bond motifs is 1. The fourth-order valence-electron chi connectivity index (χ4n) is 3.34. The van der Waals surface area contributed by atoms with Gasteiger partial charge in [0.15, 0.2) is 0 Å². The summed E-state index contributed by atoms with van der Waals surface area (Å²) in [5, 5.41) is 10.1. The number of aryl methyl sites for hydroxylation is 2. The van der Waals surface area contributed by atoms with Gasteiger partial charge in [0.2, 0.25) is 5.76 Å². The van der Waals surface area contributed by atoms with Crippen molar-refractivity contribution in [3.05, 3.63) is 34.6 Å². The van der Waals surface area contributed by atoms with E-state index in [-0.39, 0.29) is 5.76 Å². The molecule has 0 atom stereocenters. The first-order chi connectivity index (χ1) is 10.5. The second-order valence-corrected chi connectivity index (χ2v) is 6.61. The summed E-state index contributed by atoms with van der Waals surface area (Å²) in [6.45, 7) is 9.33. The molecule has 1 N–H and O–H groups in total. The molecule has 0 unspecified atom stereocenters. The van der Waals surface area contributed by atoms with E-state index >= 15 is 0 Å². The molecular formula is C18H23NO3. The van der Waals surface area contributed by atoms with Crippen LogP contribution in [0.15, 0.2) is 16.5 Å². The first-order valence-electron chi connectivity index (χ1n) is 7.94. The molecule has 0 bridgehead atoms. The van der Waals surface area contributed by atoms with Gasteiger partial charge in [0.05, 0.1) is 0 Å². The zero-order valence-corrected chi connectivity index (χ0v) is 13.5. The fourth-order valence-corrected chi connectivity index (χ4v) is 3.34. The van der Waals surface area contributed by atoms with Gasteiger partial charge in [-0.2, -0.15) is 0 Å². The number of benzene rings is 1. The first-order valence-corrected chi connectivity index (χ1v) is 7.94. The predicted octanol–water partition coefficient (Wildman–Crippen LogP) is 3.98. The second kappa shape index (κ2) is 5.76. The maximum atomic E-state index is 11.2. The molecule has 1 aromatic heterocycles. The number of carbonyl (C=O) groups is 1. The van der Waals surface area contributed by atoms with Crippen LogP contribution in [0.3, 0.4) is 0 Å². The highest BCUT2D eigenvalue weighted by Gasteiger charge is 2.20. The van der Waals surface area contributed by atoms with Crippen LogP contribution in [0.1, 0.15) is 47.0 Å². The summed E-state index contributed by atoms with van der Waals surface area (Å²) in [5.41, 5.74) is 3.67. The monoisotopic (exact) mass is 301 g/mol. The van der Waals surface area contributed by atoms with E-state index in [0.29, 0.717) is 5.58 Å². The van der Waals surface area contributed by atoms with Crippen LogP contribution in [0.2, 0.25) is 0 Å². The number of rotatable bonds is 3. The van der Waals surface area contributed by atoms with Gasteiger partial charge in [0.25, 0.3) is 0 Å². The molecule has 0 radical (unpaired) electrons. The normalized spacial score (nSPS) is 17.2. The van der Waals surface area contributed by atoms with Gasteiger partial charge in [-0.1, -0.05) is 13.0 Å². The van der Waals surface area contributed by atoms with Crippen LogP contribution in [-0.2, 0) is 6.54 Å². The molecule has 0 spiro atoms. The molecule has 1 aromatic carbocycles. The number of carboxylic acids is 1. The Labute approximate surface area is 130 Å². The van der Waals surface area contributed by atoms with Crippen LogP contribution in [-0.4, -0.2) is 29.1 Å². The van der Waals surface area contributed by atoms with E-state index in [0.717, 1.165) is 42.1 Å². The Morgan fingerprint density at radius 3 is 2.64 bits per heavy atom. The van der Waals surface area contributed by atoms with E-state index in [9.17, 15) is 9.90 Å². The van der Waals surface area contributed by atoms with Crippen LogP contribution < -0.4 is 0 Å². The van der Waals surface area contributed by atoms with Crippen molar-refractivity contribution >= 4 is 16.9 Å². The molecule has 0 saturated carbocycles. The number of aromatic carboxylic acids is 1. The van der Waals surface area contributed by atoms with Crippen molar-refractivity contribution in [1.29, 1.82) is 0 Å². The molecule has 2 aromatic rings. The van der Waals surface area contributed by atoms with Gasteiger partial charge < -0.3 is 9.52 Å². The van der Waals surface area contributed by atoms with Gasteiger partial charge in [-0.25, -0.2) is 4.79 Å². The Kier molecular flexibility index (Phi) is 3.96. The lowest BCUT2D eigenvalue weighted by molar-refractivity contribution is 0.0664. The minimum atomic E-state index is -1.00. The average molecular weight is 301 g/mol. The van der Waals surface area contributed by atoms with Crippen LogP contribution in [0.5, 0.6) is 0 Å². The van der Waals surface area contributed by atoms with Crippen molar-refractivity contribution in [3.8, 4) is 0 Å². The van der Waals surface area contributed by atoms with Gasteiger partial charge in [-0.15, -0.1) is 0 Å². The van der Waals surface area contributed by atoms with Crippen molar-refractivity contribution in [2.24, 2.45) is 5.92 Å². The van der Waals surface area contributed by atoms with Crippen molar-refractivity contribution in [3.63, 3.8) is 0 Å². The SMILES string of the molecule is Cc1c(C(=O)O)oc2c(C)cc(CN3CCC(C)CC3)cc12. The van der Waals surface area contributed by atoms with Crippen LogP contribution in [0.25, 0.3) is 11.0 Å². The molecule has 4 heteroatoms. The number of hydrogen-bond acceptors (Lipinski definition) is 3. The third kappa shape index (κ3) is 2.75. The van der Waals surface area contributed by atoms with Gasteiger partial charge in [0.1, 0.15) is 5.58 Å². The van der Waals surface area contributed by atoms with Crippen molar-refractivity contribution in [2.75, 3.05) is 13.1 Å². The molecule has 118 valence electrons. The second-order valence-electron chi connectivity index (χ2n) is 6.61. The Bertz CT molecular complexity index is 709. The highest BCUT2D eigenvalue weighted by molar-refractivity contribution is 5.96. The highest BCUT2D eigenvalue weighted by atomic mass is 16.4. The fraction of sp³-hybridized carbons (Fsp3) is 0.500. The highest BCUT2D eigenvalue weighted by Crippen LogP contribution is 2.30. The lowest BCUT2D eigenvalue weighted by atomic mass is 9.98. The van der Waals surface area contributed by atoms with Crippen molar-refractivity contribution < 1.29 is 14.3 Å². The molecule has 1 aliphatic heterocycles. The molecule has 1 fully saturated rings. The van der Waals surface area contributed by atoms with E-state index in [4.69, 9.17) is 4.42 Å². The van der Waals surface area contributed by atoms with E-state index in [1.54, 1.807) is 0 Å². The van der Waals surface area contributed by atoms with Gasteiger partial charge >= 0.3 is 5.97 Å². The van der Waals surface area contributed by atoms with E-state index in [2.05, 4.69) is 24.0 Å². The Morgan fingerprint density at radius 2 is 2.00 bits per heavy atom. The molecule has 3 rings (SSSR count). The van der Waals surface area contributed by atoms with Crippen LogP contribution in [0, 0.1) is 19.8 Å². The maximum Gasteiger partial charge on any atom is 0.372 e. The summed E-state index contributed by atoms with van der Waals surface area (Å²) in [6.07, 6.45) is 2.52. The Morgan fingerprint density at radius 1 is 1.32 bits per heavy atom. The molecule has 22 heavy (non-hydrogen) atoms. The summed E-state index contributed by atoms with van der Waals surface area (Å²) in [7, 11) is 0. The third-order valence-corrected chi connectivity index (χ3v) is 4.76. The number of carboxylic acid groups (broad SMARTS) is 1. The lowest BCUT2D eigenvalue weighted by Gasteiger charge is -2.30. The molecule has 0 aliphatic carbocycles. The smallest absolute Gasteiger partial charge is 0.372 e. The summed E-state index contributed by atoms with van der Waals surface area (Å²) in [4.78, 5) is 13.7. The molecule has 1 saturated heterocycles. The Hall–Kier alpha value is -1.81. The minimum Gasteiger partial charge on any atom is -0.475 e. The average Bonchev–Trinajstić information content (AvgIpc) is 2.80. The van der Waals surface area contributed by atoms with E-state index < -0.39 is 5.97 Å². The predicted molar refractivity (Wildman–Crippen MR) is 86.3 cm³/mol. The van der Waals surface area contributed by atoms with Crippen molar-refractivity contribution in [2.45, 2.75) is 40.2 Å². The minimum absolute atomic E-state index is 0.0575. The summed E-state index contributed by atoms with van der Waals surface area (Å²) in [6, 6.07) is 4.21. The van der Waals surface area contributed by atoms with Gasteiger partial charge in [-0.05, 0) is 62.9 Å². The van der Waals surface area contributed by atoms with Gasteiger partial charge in [-0.3, -0.25) is 4.90 Å². The Balaban J connectivity index is 1.91. The molecule has 2 heterocycles. The standard InChI is InChI=1S/C18H23NO3/c1-11-4-6-19(7-5-11)10-14-8-12(2)16-15(9-14)13(3)17(22-16)18(20)21/h8-9,11H,4-7,10H2,1-3H3,(H,20,21). The van der Waals surface area contributed by atoms with Crippen LogP contribution in [0.4, 0.5) is 0 Å². The number of nitrogens with zero attached hydrogens (tertiary/aromatic N) is 1. The quantitative estimate of drug-likeness (QED) is 0.931. The molecule has 4 nitrogen and oxygen atoms in total. The summed E-state index contributed by atoms with van der Waals surface area (Å²) < 4.78 is 5.54. The largest absolute Gasteiger partial charge is 0.475 e. The number of hydrogen-bond donors (Lipinski definition) is 1. The number of likely N-dealkylation sites (tertiary alicyclic amines) is 1. The first kappa shape index (κ1) is 15.1. The molecule has 0 amide bonds. The molecular weight excluding hydrogens is 278 g/mol. The molecule has 1 aliphatic rings. The topological polar surface area (TPSA) is 53.7 Å². The lowest BCUT2D eigenvalue weighted by Crippen LogP contribution is -2.32. The summed E-state index contributed by atoms with van der Waals surface area (Å²) in [5.74, 6) is -0.114. The maximum absolute atomic E-state index is 11.2. The number of piperidine rings is 1. The zero-order chi connectivity index (χ0) is 15.9. The third-order valence-electron chi connectivity index (χ3n) is 4.76. The van der Waals surface area contributed by atoms with Crippen LogP contribution >= 0.6 is 0 Å². The van der Waals surface area contributed by atoms with E-state index in [1.807, 2.05) is 13.8 Å². The summed E-state index contributed by atoms with van der Waals surface area (Å²) >= 11 is 0. The zero-order valence-electron chi connectivity index (χ0n) is 13.5. The van der Waals surface area contributed by atoms with Gasteiger partial charge in [0, 0.05) is 17.5 Å². The van der Waals surface area contributed by atoms with E-state index in [1.165, 1.54) is 18.4 Å². The number of furan rings is 1. The van der Waals surface area contributed by atoms with Crippen molar-refractivity contribution in [1.82, 2.24) is 4.90 Å².